The van der Waals surface area contributed by atoms with Gasteiger partial charge in [0, 0.05) is 135 Å². The molecule has 119 heavy (non-hydrogen) atoms. The molecule has 0 saturated heterocycles. The number of ketones is 1. The standard InChI is InChI=1S/C30H32N2O2.C23H17N2.C16H9F3N.C15H10N.C12H10N.C5H10O2.3Ir.Pt/c1-29(2,3)19-15-23(21-11-7-9-13-27(21)33)31-25(17-19)26-18-20(30(4,5)6)16-24(32-26)22-12-8-10-14-28(22)34;1-4-10-19(11-5-1)23-18-22(16-17-24-23)25(20-12-6-2-7-13-20)21-14-8-3-9-15-21;17-16(18,19)13-8-5-12(6-9-13)15-10-7-11-3-1-2-4-14(11)20-15;1-2-7-13(8-3-1)15-14-9-5-4-6-12(14)10-11-16-15;1-10-7-8-12(13-9-10)11-5-3-2-4-6-11;1-4(6)3-5(2)7;;;;/h7-18,33-34H,1-6H3;1-10,12-18H;1-5,7-10H;1-7,9-11H;2-5,7-9H,1H3;4,6H,3H2,1-2H3;;;;/q;4*-1;;;;;. The summed E-state index contributed by atoms with van der Waals surface area (Å²) in [6.07, 6.45) is 1.03. The van der Waals surface area contributed by atoms with Gasteiger partial charge in [-0.1, -0.05) is 175 Å². The number of hydrogen-bond acceptors (Lipinski definition) is 11. The molecule has 10 aromatic carbocycles. The number of alkyl halides is 3. The summed E-state index contributed by atoms with van der Waals surface area (Å²) in [5.74, 6) is 0.423. The number of rotatable bonds is 12. The molecule has 16 rings (SSSR count). The number of aryl methyl sites for hydroxylation is 1. The summed E-state index contributed by atoms with van der Waals surface area (Å²) in [7, 11) is 0. The monoisotopic (exact) mass is 2290 g/mol. The van der Waals surface area contributed by atoms with E-state index in [2.05, 4.69) is 176 Å². The number of aliphatic hydroxyl groups is 1. The molecule has 0 saturated carbocycles. The van der Waals surface area contributed by atoms with Crippen molar-refractivity contribution in [2.24, 2.45) is 0 Å². The first-order valence-corrected chi connectivity index (χ1v) is 37.6. The normalized spacial score (nSPS) is 10.9. The summed E-state index contributed by atoms with van der Waals surface area (Å²) in [4.78, 5) is 39.9. The van der Waals surface area contributed by atoms with Gasteiger partial charge in [-0.05, 0) is 184 Å². The Morgan fingerprint density at radius 3 is 1.35 bits per heavy atom. The van der Waals surface area contributed by atoms with Crippen LogP contribution in [0, 0.1) is 31.2 Å². The molecule has 0 spiro atoms. The molecule has 613 valence electrons. The minimum absolute atomic E-state index is 0. The Kier molecular flexibility index (Phi) is 36.3. The molecule has 16 aromatic rings. The van der Waals surface area contributed by atoms with Crippen molar-refractivity contribution in [3.63, 3.8) is 0 Å². The maximum Gasteiger partial charge on any atom is 0.381 e. The fraction of sp³-hybridized carbons (Fsp3) is 0.139. The quantitative estimate of drug-likeness (QED) is 0.1000. The SMILES string of the molecule is CC(=O)CC(C)O.CC(C)(C)c1cc(-c2cc(C(C)(C)C)cc(-c3ccccc3O)n2)nc(-c2ccccc2O)c1.Cc1ccc(-c2[c-]cccc2)nc1.FC(F)(F)c1c[c-]c(-c2ccc3ccccc3n2)cc1.[Ir].[Ir].[Ir].[Pt].[c-]1ccccc1-c1cc(N(c2ccccc2)c2ccccc2)ccn1.[c-]1ccccc1-c1nccc2ccccc12. The number of aliphatic hydroxyl groups excluding tert-OH is 1. The number of pyridine rings is 6. The maximum absolute atomic E-state index is 12.5. The Hall–Kier alpha value is -10.9. The number of aromatic nitrogens is 6. The van der Waals surface area contributed by atoms with Crippen LogP contribution in [0.15, 0.2) is 334 Å². The van der Waals surface area contributed by atoms with Gasteiger partial charge in [0.25, 0.3) is 0 Å². The second-order valence-electron chi connectivity index (χ2n) is 29.3. The number of aromatic hydroxyl groups is 2. The summed E-state index contributed by atoms with van der Waals surface area (Å²) < 4.78 is 37.5. The molecule has 6 heterocycles. The van der Waals surface area contributed by atoms with Gasteiger partial charge >= 0.3 is 6.18 Å². The molecule has 0 fully saturated rings. The number of fused-ring (bicyclic) bond motifs is 2. The average molecular weight is 2290 g/mol. The van der Waals surface area contributed by atoms with Crippen LogP contribution in [-0.4, -0.2) is 57.1 Å². The third kappa shape index (κ3) is 27.3. The molecule has 6 aromatic heterocycles. The smallest absolute Gasteiger partial charge is 0.381 e. The molecule has 1 atom stereocenters. The summed E-state index contributed by atoms with van der Waals surface area (Å²) in [6.45, 7) is 18.1. The molecule has 18 heteroatoms. The molecule has 3 N–H and O–H groups in total. The van der Waals surface area contributed by atoms with E-state index >= 15 is 0 Å². The number of halogens is 3. The Morgan fingerprint density at radius 2 is 0.882 bits per heavy atom. The van der Waals surface area contributed by atoms with Gasteiger partial charge in [-0.25, -0.2) is 9.97 Å². The summed E-state index contributed by atoms with van der Waals surface area (Å²) in [5, 5.41) is 32.9. The number of hydrogen-bond donors (Lipinski definition) is 3. The Bertz CT molecular complexity index is 5690. The van der Waals surface area contributed by atoms with E-state index in [9.17, 15) is 28.2 Å². The van der Waals surface area contributed by atoms with Gasteiger partial charge in [-0.3, -0.25) is 9.78 Å². The summed E-state index contributed by atoms with van der Waals surface area (Å²) >= 11 is 0. The average Bonchev–Trinajstić information content (AvgIpc) is 0.779. The number of Topliss-reactive ketones (excluding diaryl/α,β-unsaturated/α-hetero) is 1. The molecule has 0 bridgehead atoms. The molecule has 11 nitrogen and oxygen atoms in total. The molecule has 0 aliphatic carbocycles. The van der Waals surface area contributed by atoms with Crippen molar-refractivity contribution in [2.75, 3.05) is 4.90 Å². The third-order valence-corrected chi connectivity index (χ3v) is 18.2. The van der Waals surface area contributed by atoms with Crippen LogP contribution >= 0.6 is 0 Å². The molecule has 0 aliphatic heterocycles. The molecule has 1 unspecified atom stereocenters. The number of carbonyl (C=O) groups excluding carboxylic acids is 1. The van der Waals surface area contributed by atoms with Crippen molar-refractivity contribution < 1.29 is 115 Å². The van der Waals surface area contributed by atoms with Crippen molar-refractivity contribution >= 4 is 44.5 Å². The molecule has 0 amide bonds. The van der Waals surface area contributed by atoms with E-state index in [0.29, 0.717) is 33.8 Å². The number of phenols is 2. The van der Waals surface area contributed by atoms with Crippen molar-refractivity contribution in [3.8, 4) is 90.4 Å². The summed E-state index contributed by atoms with van der Waals surface area (Å²) in [5.41, 5.74) is 17.9. The van der Waals surface area contributed by atoms with Crippen LogP contribution in [0.4, 0.5) is 30.2 Å². The zero-order chi connectivity index (χ0) is 81.5. The van der Waals surface area contributed by atoms with Crippen molar-refractivity contribution in [2.45, 2.75) is 91.8 Å². The second-order valence-corrected chi connectivity index (χ2v) is 29.3. The van der Waals surface area contributed by atoms with E-state index in [-0.39, 0.29) is 116 Å². The topological polar surface area (TPSA) is 158 Å². The van der Waals surface area contributed by atoms with Crippen LogP contribution in [-0.2, 0) is 103 Å². The molecular weight excluding hydrogens is 2200 g/mol. The number of phenolic OH excluding ortho intramolecular Hbond substituents is 2. The Balaban J connectivity index is 0.000000206. The van der Waals surface area contributed by atoms with Gasteiger partial charge in [-0.15, -0.1) is 138 Å². The van der Waals surface area contributed by atoms with Crippen LogP contribution in [0.2, 0.25) is 0 Å². The maximum atomic E-state index is 12.5. The van der Waals surface area contributed by atoms with Crippen molar-refractivity contribution in [1.29, 1.82) is 0 Å². The van der Waals surface area contributed by atoms with Gasteiger partial charge in [-0.2, -0.15) is 13.2 Å². The minimum Gasteiger partial charge on any atom is -0.507 e. The predicted molar refractivity (Wildman–Crippen MR) is 460 cm³/mol. The third-order valence-electron chi connectivity index (χ3n) is 18.2. The number of nitrogens with zero attached hydrogens (tertiary/aromatic N) is 7. The van der Waals surface area contributed by atoms with E-state index in [1.807, 2.05) is 208 Å². The first-order valence-electron chi connectivity index (χ1n) is 37.6. The van der Waals surface area contributed by atoms with Crippen LogP contribution in [0.3, 0.4) is 0 Å². The van der Waals surface area contributed by atoms with Crippen LogP contribution in [0.25, 0.3) is 101 Å². The number of anilines is 3. The van der Waals surface area contributed by atoms with Crippen LogP contribution < -0.4 is 4.90 Å². The largest absolute Gasteiger partial charge is 0.507 e. The van der Waals surface area contributed by atoms with Gasteiger partial charge in [0.1, 0.15) is 17.3 Å². The zero-order valence-corrected chi connectivity index (χ0v) is 76.3. The van der Waals surface area contributed by atoms with E-state index in [1.165, 1.54) is 29.3 Å². The predicted octanol–water partition coefficient (Wildman–Crippen LogP) is 25.1. The van der Waals surface area contributed by atoms with Gasteiger partial charge < -0.3 is 35.2 Å². The Morgan fingerprint density at radius 1 is 0.420 bits per heavy atom. The van der Waals surface area contributed by atoms with E-state index in [1.54, 1.807) is 37.3 Å². The van der Waals surface area contributed by atoms with Crippen molar-refractivity contribution in [1.82, 2.24) is 29.9 Å². The molecule has 0 aliphatic rings. The first kappa shape index (κ1) is 95.2. The fourth-order valence-corrected chi connectivity index (χ4v) is 12.2. The fourth-order valence-electron chi connectivity index (χ4n) is 12.2. The Labute approximate surface area is 750 Å². The van der Waals surface area contributed by atoms with Crippen molar-refractivity contribution in [3.05, 3.63) is 381 Å². The van der Waals surface area contributed by atoms with Gasteiger partial charge in [0.15, 0.2) is 0 Å². The van der Waals surface area contributed by atoms with E-state index in [0.717, 1.165) is 96.4 Å². The molecule has 3 radical (unpaired) electrons. The minimum atomic E-state index is -4.34. The number of carbonyl (C=O) groups is 1. The van der Waals surface area contributed by atoms with Gasteiger partial charge in [0.2, 0.25) is 0 Å². The first-order chi connectivity index (χ1) is 55.3. The van der Waals surface area contributed by atoms with E-state index < -0.39 is 17.8 Å². The number of benzene rings is 10. The van der Waals surface area contributed by atoms with Gasteiger partial charge in [0.05, 0.1) is 34.4 Å². The van der Waals surface area contributed by atoms with Crippen LogP contribution in [0.1, 0.15) is 84.1 Å². The zero-order valence-electron chi connectivity index (χ0n) is 66.9. The number of para-hydroxylation sites is 5. The summed E-state index contributed by atoms with van der Waals surface area (Å²) in [6, 6.07) is 113. The van der Waals surface area contributed by atoms with E-state index in [4.69, 9.17) is 15.1 Å². The second kappa shape index (κ2) is 45.3. The van der Waals surface area contributed by atoms with Crippen LogP contribution in [0.5, 0.6) is 11.5 Å². The molecular formula is C101H88F3Ir3N7O4Pt-4.